The quantitative estimate of drug-likeness (QED) is 0.672. The molecular formula is C17H19N3OS. The third-order valence-electron chi connectivity index (χ3n) is 3.34. The molecule has 0 spiro atoms. The third-order valence-corrected chi connectivity index (χ3v) is 4.14. The molecule has 0 unspecified atom stereocenters. The average molecular weight is 313 g/mol. The summed E-state index contributed by atoms with van der Waals surface area (Å²) in [6.45, 7) is 4.09. The number of ether oxygens (including phenoxy) is 1. The Hall–Kier alpha value is -1.98. The van der Waals surface area contributed by atoms with Gasteiger partial charge < -0.3 is 10.1 Å². The number of anilines is 1. The van der Waals surface area contributed by atoms with E-state index in [2.05, 4.69) is 45.8 Å². The van der Waals surface area contributed by atoms with Crippen LogP contribution in [-0.4, -0.2) is 23.1 Å². The van der Waals surface area contributed by atoms with Gasteiger partial charge in [-0.05, 0) is 17.0 Å². The Balaban J connectivity index is 1.54. The van der Waals surface area contributed by atoms with E-state index in [1.807, 2.05) is 18.2 Å². The van der Waals surface area contributed by atoms with Gasteiger partial charge in [-0.3, -0.25) is 0 Å². The largest absolute Gasteiger partial charge is 0.375 e. The highest BCUT2D eigenvalue weighted by atomic mass is 32.1. The number of thiophene rings is 1. The summed E-state index contributed by atoms with van der Waals surface area (Å²) in [5, 5.41) is 6.50. The van der Waals surface area contributed by atoms with Crippen molar-refractivity contribution < 1.29 is 4.74 Å². The van der Waals surface area contributed by atoms with Crippen molar-refractivity contribution in [3.63, 3.8) is 0 Å². The fraction of sp³-hybridized carbons (Fsp3) is 0.294. The second-order valence-corrected chi connectivity index (χ2v) is 5.84. The van der Waals surface area contributed by atoms with Gasteiger partial charge in [0, 0.05) is 13.0 Å². The van der Waals surface area contributed by atoms with Gasteiger partial charge in [0.15, 0.2) is 0 Å². The van der Waals surface area contributed by atoms with Crippen LogP contribution >= 0.6 is 11.3 Å². The molecule has 0 radical (unpaired) electrons. The fourth-order valence-corrected chi connectivity index (χ4v) is 2.98. The zero-order valence-corrected chi connectivity index (χ0v) is 13.4. The summed E-state index contributed by atoms with van der Waals surface area (Å²) in [7, 11) is 0. The first kappa shape index (κ1) is 14.9. The SMILES string of the molecule is CCc1nc(NCCOCc2ccccc2)c2ccsc2n1. The van der Waals surface area contributed by atoms with Gasteiger partial charge in [0.05, 0.1) is 18.6 Å². The summed E-state index contributed by atoms with van der Waals surface area (Å²) in [6.07, 6.45) is 0.840. The lowest BCUT2D eigenvalue weighted by Gasteiger charge is -2.09. The number of nitrogens with one attached hydrogen (secondary N) is 1. The normalized spacial score (nSPS) is 11.0. The summed E-state index contributed by atoms with van der Waals surface area (Å²) < 4.78 is 5.69. The minimum absolute atomic E-state index is 0.639. The summed E-state index contributed by atoms with van der Waals surface area (Å²) in [5.74, 6) is 1.79. The smallest absolute Gasteiger partial charge is 0.138 e. The zero-order chi connectivity index (χ0) is 15.2. The molecule has 0 amide bonds. The molecule has 1 N–H and O–H groups in total. The molecule has 0 saturated carbocycles. The molecule has 0 aliphatic rings. The summed E-state index contributed by atoms with van der Waals surface area (Å²) in [4.78, 5) is 10.2. The van der Waals surface area contributed by atoms with Crippen molar-refractivity contribution in [3.8, 4) is 0 Å². The van der Waals surface area contributed by atoms with Crippen LogP contribution in [0.2, 0.25) is 0 Å². The number of hydrogen-bond donors (Lipinski definition) is 1. The maximum absolute atomic E-state index is 5.69. The lowest BCUT2D eigenvalue weighted by Crippen LogP contribution is -2.11. The molecule has 2 aromatic heterocycles. The van der Waals surface area contributed by atoms with Crippen LogP contribution in [0.15, 0.2) is 41.8 Å². The second-order valence-electron chi connectivity index (χ2n) is 4.95. The number of nitrogens with zero attached hydrogens (tertiary/aromatic N) is 2. The molecule has 2 heterocycles. The van der Waals surface area contributed by atoms with E-state index in [0.29, 0.717) is 13.2 Å². The van der Waals surface area contributed by atoms with Gasteiger partial charge in [-0.15, -0.1) is 11.3 Å². The Kier molecular flexibility index (Phi) is 4.98. The highest BCUT2D eigenvalue weighted by Crippen LogP contribution is 2.25. The van der Waals surface area contributed by atoms with Crippen LogP contribution < -0.4 is 5.32 Å². The van der Waals surface area contributed by atoms with Crippen LogP contribution in [0.25, 0.3) is 10.2 Å². The Morgan fingerprint density at radius 1 is 1.14 bits per heavy atom. The predicted molar refractivity (Wildman–Crippen MR) is 91.4 cm³/mol. The molecule has 0 aliphatic carbocycles. The van der Waals surface area contributed by atoms with Crippen molar-refractivity contribution in [1.29, 1.82) is 0 Å². The first-order valence-corrected chi connectivity index (χ1v) is 8.34. The van der Waals surface area contributed by atoms with E-state index in [1.165, 1.54) is 5.56 Å². The Bertz CT molecular complexity index is 727. The molecular weight excluding hydrogens is 294 g/mol. The predicted octanol–water partition coefficient (Wildman–Crippen LogP) is 3.88. The highest BCUT2D eigenvalue weighted by molar-refractivity contribution is 7.16. The van der Waals surface area contributed by atoms with Gasteiger partial charge in [0.2, 0.25) is 0 Å². The summed E-state index contributed by atoms with van der Waals surface area (Å²) >= 11 is 1.65. The topological polar surface area (TPSA) is 47.0 Å². The summed E-state index contributed by atoms with van der Waals surface area (Å²) in [6, 6.07) is 12.3. The van der Waals surface area contributed by atoms with Gasteiger partial charge in [-0.2, -0.15) is 0 Å². The van der Waals surface area contributed by atoms with E-state index in [9.17, 15) is 0 Å². The third kappa shape index (κ3) is 3.61. The van der Waals surface area contributed by atoms with Crippen molar-refractivity contribution in [1.82, 2.24) is 9.97 Å². The highest BCUT2D eigenvalue weighted by Gasteiger charge is 2.07. The second kappa shape index (κ2) is 7.33. The van der Waals surface area contributed by atoms with E-state index in [-0.39, 0.29) is 0 Å². The van der Waals surface area contributed by atoms with E-state index in [0.717, 1.165) is 34.8 Å². The lowest BCUT2D eigenvalue weighted by atomic mass is 10.2. The minimum Gasteiger partial charge on any atom is -0.375 e. The van der Waals surface area contributed by atoms with Gasteiger partial charge in [0.25, 0.3) is 0 Å². The lowest BCUT2D eigenvalue weighted by molar-refractivity contribution is 0.130. The van der Waals surface area contributed by atoms with Crippen LogP contribution in [0, 0.1) is 0 Å². The number of aromatic nitrogens is 2. The van der Waals surface area contributed by atoms with Gasteiger partial charge in [-0.1, -0.05) is 37.3 Å². The molecule has 114 valence electrons. The number of rotatable bonds is 7. The Morgan fingerprint density at radius 3 is 2.82 bits per heavy atom. The zero-order valence-electron chi connectivity index (χ0n) is 12.6. The van der Waals surface area contributed by atoms with Crippen LogP contribution in [0.5, 0.6) is 0 Å². The molecule has 0 aliphatic heterocycles. The van der Waals surface area contributed by atoms with E-state index < -0.39 is 0 Å². The number of benzene rings is 1. The molecule has 5 heteroatoms. The Morgan fingerprint density at radius 2 is 2.00 bits per heavy atom. The van der Waals surface area contributed by atoms with Crippen molar-refractivity contribution in [3.05, 3.63) is 53.2 Å². The molecule has 3 aromatic rings. The van der Waals surface area contributed by atoms with Crippen molar-refractivity contribution in [2.75, 3.05) is 18.5 Å². The number of aryl methyl sites for hydroxylation is 1. The molecule has 1 aromatic carbocycles. The van der Waals surface area contributed by atoms with Crippen molar-refractivity contribution >= 4 is 27.4 Å². The first-order valence-electron chi connectivity index (χ1n) is 7.46. The molecule has 4 nitrogen and oxygen atoms in total. The standard InChI is InChI=1S/C17H19N3OS/c1-2-15-19-16(14-8-11-22-17(14)20-15)18-9-10-21-12-13-6-4-3-5-7-13/h3-8,11H,2,9-10,12H2,1H3,(H,18,19,20). The van der Waals surface area contributed by atoms with Gasteiger partial charge >= 0.3 is 0 Å². The van der Waals surface area contributed by atoms with E-state index >= 15 is 0 Å². The van der Waals surface area contributed by atoms with Crippen LogP contribution in [0.4, 0.5) is 5.82 Å². The maximum atomic E-state index is 5.69. The molecule has 3 rings (SSSR count). The van der Waals surface area contributed by atoms with E-state index in [4.69, 9.17) is 4.74 Å². The molecule has 0 bridgehead atoms. The summed E-state index contributed by atoms with van der Waals surface area (Å²) in [5.41, 5.74) is 1.19. The molecule has 22 heavy (non-hydrogen) atoms. The Labute approximate surface area is 134 Å². The van der Waals surface area contributed by atoms with Crippen molar-refractivity contribution in [2.45, 2.75) is 20.0 Å². The fourth-order valence-electron chi connectivity index (χ4n) is 2.20. The maximum Gasteiger partial charge on any atom is 0.138 e. The monoisotopic (exact) mass is 313 g/mol. The van der Waals surface area contributed by atoms with Gasteiger partial charge in [0.1, 0.15) is 16.5 Å². The molecule has 0 saturated heterocycles. The van der Waals surface area contributed by atoms with Gasteiger partial charge in [-0.25, -0.2) is 9.97 Å². The van der Waals surface area contributed by atoms with Crippen LogP contribution in [0.3, 0.4) is 0 Å². The average Bonchev–Trinajstić information content (AvgIpc) is 3.04. The van der Waals surface area contributed by atoms with Crippen LogP contribution in [0.1, 0.15) is 18.3 Å². The number of fused-ring (bicyclic) bond motifs is 1. The molecule has 0 fully saturated rings. The number of hydrogen-bond acceptors (Lipinski definition) is 5. The van der Waals surface area contributed by atoms with Crippen LogP contribution in [-0.2, 0) is 17.8 Å². The van der Waals surface area contributed by atoms with E-state index in [1.54, 1.807) is 11.3 Å². The molecule has 0 atom stereocenters. The van der Waals surface area contributed by atoms with Crippen molar-refractivity contribution in [2.24, 2.45) is 0 Å². The first-order chi connectivity index (χ1) is 10.9. The minimum atomic E-state index is 0.639.